The predicted octanol–water partition coefficient (Wildman–Crippen LogP) is 1.45. The van der Waals surface area contributed by atoms with Crippen LogP contribution in [-0.4, -0.2) is 31.0 Å². The van der Waals surface area contributed by atoms with Gasteiger partial charge in [-0.15, -0.1) is 0 Å². The van der Waals surface area contributed by atoms with E-state index in [0.717, 1.165) is 0 Å². The van der Waals surface area contributed by atoms with Crippen LogP contribution >= 0.6 is 0 Å². The summed E-state index contributed by atoms with van der Waals surface area (Å²) in [6, 6.07) is -0.404. The van der Waals surface area contributed by atoms with E-state index in [2.05, 4.69) is 10.1 Å². The van der Waals surface area contributed by atoms with Crippen molar-refractivity contribution in [1.82, 2.24) is 10.1 Å². The zero-order valence-corrected chi connectivity index (χ0v) is 11.1. The van der Waals surface area contributed by atoms with Crippen molar-refractivity contribution in [2.45, 2.75) is 32.9 Å². The van der Waals surface area contributed by atoms with Crippen molar-refractivity contribution in [1.29, 1.82) is 0 Å². The molecule has 1 rings (SSSR count). The third kappa shape index (κ3) is 3.49. The molecule has 6 heteroatoms. The Morgan fingerprint density at radius 2 is 2.00 bits per heavy atom. The zero-order valence-electron chi connectivity index (χ0n) is 11.1. The monoisotopic (exact) mass is 243 g/mol. The molecule has 1 aromatic rings. The van der Waals surface area contributed by atoms with Gasteiger partial charge in [0.05, 0.1) is 6.61 Å². The van der Waals surface area contributed by atoms with Gasteiger partial charge in [-0.1, -0.05) is 25.9 Å². The molecule has 0 radical (unpaired) electrons. The Labute approximate surface area is 101 Å². The van der Waals surface area contributed by atoms with Crippen LogP contribution in [0.2, 0.25) is 0 Å². The number of hydrogen-bond acceptors (Lipinski definition) is 6. The molecule has 0 aliphatic carbocycles. The number of nitrogens with two attached hydrogens (primary N) is 1. The number of methoxy groups -OCH3 is 2. The number of aromatic nitrogens is 2. The third-order valence-corrected chi connectivity index (χ3v) is 2.38. The lowest BCUT2D eigenvalue weighted by molar-refractivity contribution is 0.00718. The summed E-state index contributed by atoms with van der Waals surface area (Å²) in [5, 5.41) is 3.91. The van der Waals surface area contributed by atoms with E-state index >= 15 is 0 Å². The highest BCUT2D eigenvalue weighted by atomic mass is 16.5. The molecular formula is C11H21N3O3. The normalized spacial score (nSPS) is 15.9. The molecule has 0 amide bonds. The van der Waals surface area contributed by atoms with Crippen molar-refractivity contribution in [3.05, 3.63) is 11.7 Å². The van der Waals surface area contributed by atoms with Crippen molar-refractivity contribution >= 4 is 0 Å². The number of nitrogens with zero attached hydrogens (tertiary/aromatic N) is 2. The second kappa shape index (κ2) is 5.57. The van der Waals surface area contributed by atoms with Gasteiger partial charge in [0.2, 0.25) is 11.7 Å². The van der Waals surface area contributed by atoms with Crippen LogP contribution in [0.25, 0.3) is 0 Å². The van der Waals surface area contributed by atoms with Gasteiger partial charge in [-0.05, 0) is 5.41 Å². The highest BCUT2D eigenvalue weighted by molar-refractivity contribution is 4.98. The van der Waals surface area contributed by atoms with Crippen molar-refractivity contribution in [2.24, 2.45) is 11.1 Å². The van der Waals surface area contributed by atoms with E-state index in [1.54, 1.807) is 14.2 Å². The maximum Gasteiger partial charge on any atom is 0.246 e. The Bertz CT molecular complexity index is 346. The zero-order chi connectivity index (χ0) is 13.1. The summed E-state index contributed by atoms with van der Waals surface area (Å²) in [4.78, 5) is 4.26. The SMILES string of the molecule is COCC(N)c1nc(C(OC)C(C)(C)C)no1. The Balaban J connectivity index is 2.86. The second-order valence-electron chi connectivity index (χ2n) is 5.03. The molecule has 2 unspecified atom stereocenters. The second-order valence-corrected chi connectivity index (χ2v) is 5.03. The Hall–Kier alpha value is -0.980. The van der Waals surface area contributed by atoms with E-state index in [4.69, 9.17) is 19.7 Å². The molecular weight excluding hydrogens is 222 g/mol. The van der Waals surface area contributed by atoms with Gasteiger partial charge < -0.3 is 19.7 Å². The van der Waals surface area contributed by atoms with Gasteiger partial charge in [-0.25, -0.2) is 0 Å². The van der Waals surface area contributed by atoms with Gasteiger partial charge in [-0.2, -0.15) is 4.98 Å². The van der Waals surface area contributed by atoms with Gasteiger partial charge in [0.15, 0.2) is 0 Å². The number of hydrogen-bond donors (Lipinski definition) is 1. The van der Waals surface area contributed by atoms with Crippen LogP contribution < -0.4 is 5.73 Å². The quantitative estimate of drug-likeness (QED) is 0.842. The molecule has 0 spiro atoms. The van der Waals surface area contributed by atoms with E-state index in [1.165, 1.54) is 0 Å². The highest BCUT2D eigenvalue weighted by Gasteiger charge is 2.31. The molecule has 1 heterocycles. The lowest BCUT2D eigenvalue weighted by Crippen LogP contribution is -2.22. The topological polar surface area (TPSA) is 83.4 Å². The van der Waals surface area contributed by atoms with Gasteiger partial charge in [0.1, 0.15) is 12.1 Å². The maximum atomic E-state index is 5.81. The van der Waals surface area contributed by atoms with Crippen molar-refractivity contribution < 1.29 is 14.0 Å². The van der Waals surface area contributed by atoms with E-state index in [-0.39, 0.29) is 11.5 Å². The van der Waals surface area contributed by atoms with Crippen LogP contribution in [0.5, 0.6) is 0 Å². The molecule has 17 heavy (non-hydrogen) atoms. The van der Waals surface area contributed by atoms with Gasteiger partial charge in [0.25, 0.3) is 0 Å². The fourth-order valence-corrected chi connectivity index (χ4v) is 1.60. The van der Waals surface area contributed by atoms with Crippen LogP contribution in [0.15, 0.2) is 4.52 Å². The molecule has 1 aromatic heterocycles. The van der Waals surface area contributed by atoms with E-state index < -0.39 is 6.04 Å². The largest absolute Gasteiger partial charge is 0.383 e. The van der Waals surface area contributed by atoms with Crippen LogP contribution in [0.4, 0.5) is 0 Å². The van der Waals surface area contributed by atoms with Gasteiger partial charge in [0, 0.05) is 14.2 Å². The first-order valence-electron chi connectivity index (χ1n) is 5.51. The highest BCUT2D eigenvalue weighted by Crippen LogP contribution is 2.34. The average molecular weight is 243 g/mol. The number of ether oxygens (including phenoxy) is 2. The minimum Gasteiger partial charge on any atom is -0.383 e. The summed E-state index contributed by atoms with van der Waals surface area (Å²) < 4.78 is 15.4. The minimum absolute atomic E-state index is 0.110. The van der Waals surface area contributed by atoms with Crippen molar-refractivity contribution in [3.63, 3.8) is 0 Å². The summed E-state index contributed by atoms with van der Waals surface area (Å²) in [6.07, 6.45) is -0.227. The Kier molecular flexibility index (Phi) is 4.62. The fourth-order valence-electron chi connectivity index (χ4n) is 1.60. The molecule has 2 atom stereocenters. The molecule has 0 aliphatic heterocycles. The van der Waals surface area contributed by atoms with E-state index in [9.17, 15) is 0 Å². The van der Waals surface area contributed by atoms with Crippen molar-refractivity contribution in [3.8, 4) is 0 Å². The van der Waals surface area contributed by atoms with Crippen LogP contribution in [-0.2, 0) is 9.47 Å². The molecule has 2 N–H and O–H groups in total. The first kappa shape index (κ1) is 14.1. The first-order chi connectivity index (χ1) is 7.90. The summed E-state index contributed by atoms with van der Waals surface area (Å²) in [7, 11) is 3.20. The Morgan fingerprint density at radius 1 is 1.35 bits per heavy atom. The maximum absolute atomic E-state index is 5.81. The third-order valence-electron chi connectivity index (χ3n) is 2.38. The Morgan fingerprint density at radius 3 is 2.47 bits per heavy atom. The molecule has 0 saturated carbocycles. The molecule has 0 saturated heterocycles. The van der Waals surface area contributed by atoms with Crippen LogP contribution in [0, 0.1) is 5.41 Å². The molecule has 0 bridgehead atoms. The molecule has 98 valence electrons. The van der Waals surface area contributed by atoms with Gasteiger partial charge >= 0.3 is 0 Å². The molecule has 6 nitrogen and oxygen atoms in total. The minimum atomic E-state index is -0.404. The van der Waals surface area contributed by atoms with Crippen LogP contribution in [0.1, 0.15) is 44.6 Å². The standard InChI is InChI=1S/C11H21N3O3/c1-11(2,3)8(16-5)9-13-10(17-14-9)7(12)6-15-4/h7-8H,6,12H2,1-5H3. The number of rotatable bonds is 5. The lowest BCUT2D eigenvalue weighted by atomic mass is 9.88. The average Bonchev–Trinajstić information content (AvgIpc) is 2.66. The summed E-state index contributed by atoms with van der Waals surface area (Å²) in [5.74, 6) is 0.884. The summed E-state index contributed by atoms with van der Waals surface area (Å²) >= 11 is 0. The van der Waals surface area contributed by atoms with Crippen molar-refractivity contribution in [2.75, 3.05) is 20.8 Å². The fraction of sp³-hybridized carbons (Fsp3) is 0.818. The van der Waals surface area contributed by atoms with Gasteiger partial charge in [-0.3, -0.25) is 0 Å². The van der Waals surface area contributed by atoms with E-state index in [0.29, 0.717) is 18.3 Å². The lowest BCUT2D eigenvalue weighted by Gasteiger charge is -2.26. The summed E-state index contributed by atoms with van der Waals surface area (Å²) in [6.45, 7) is 6.49. The molecule has 0 aliphatic rings. The smallest absolute Gasteiger partial charge is 0.246 e. The predicted molar refractivity (Wildman–Crippen MR) is 62.3 cm³/mol. The van der Waals surface area contributed by atoms with E-state index in [1.807, 2.05) is 20.8 Å². The van der Waals surface area contributed by atoms with Crippen LogP contribution in [0.3, 0.4) is 0 Å². The molecule has 0 fully saturated rings. The first-order valence-corrected chi connectivity index (χ1v) is 5.51. The summed E-state index contributed by atoms with van der Waals surface area (Å²) in [5.41, 5.74) is 5.70. The molecule has 0 aromatic carbocycles.